The van der Waals surface area contributed by atoms with E-state index in [1.54, 1.807) is 0 Å². The highest BCUT2D eigenvalue weighted by atomic mass is 32.2. The third kappa shape index (κ3) is 2.51. The quantitative estimate of drug-likeness (QED) is 0.577. The van der Waals surface area contributed by atoms with Crippen LogP contribution < -0.4 is 4.72 Å². The predicted octanol–water partition coefficient (Wildman–Crippen LogP) is -0.856. The summed E-state index contributed by atoms with van der Waals surface area (Å²) < 4.78 is 24.2. The maximum absolute atomic E-state index is 11.0. The number of sulfonamides is 1. The zero-order valence-corrected chi connectivity index (χ0v) is 7.00. The number of aromatic amines is 1. The molecular weight excluding hydrogens is 182 g/mol. The molecule has 0 radical (unpaired) electrons. The second-order valence-electron chi connectivity index (χ2n) is 2.13. The van der Waals surface area contributed by atoms with E-state index in [2.05, 4.69) is 14.9 Å². The van der Waals surface area contributed by atoms with Crippen LogP contribution in [0.5, 0.6) is 0 Å². The highest BCUT2D eigenvalue weighted by molar-refractivity contribution is 7.92. The van der Waals surface area contributed by atoms with Gasteiger partial charge in [-0.15, -0.1) is 0 Å². The molecule has 0 saturated heterocycles. The Balaban J connectivity index is 2.63. The van der Waals surface area contributed by atoms with Crippen LogP contribution in [0.4, 0.5) is 5.69 Å². The molecule has 0 fully saturated rings. The van der Waals surface area contributed by atoms with Gasteiger partial charge in [-0.25, -0.2) is 8.42 Å². The summed E-state index contributed by atoms with van der Waals surface area (Å²) in [5, 5.41) is 14.4. The van der Waals surface area contributed by atoms with E-state index in [0.717, 1.165) is 0 Å². The van der Waals surface area contributed by atoms with Gasteiger partial charge >= 0.3 is 0 Å². The van der Waals surface area contributed by atoms with Crippen LogP contribution in [0.25, 0.3) is 0 Å². The van der Waals surface area contributed by atoms with Crippen molar-refractivity contribution in [1.82, 2.24) is 10.2 Å². The first-order valence-electron chi connectivity index (χ1n) is 3.24. The second kappa shape index (κ2) is 3.55. The minimum Gasteiger partial charge on any atom is -0.395 e. The molecule has 0 amide bonds. The van der Waals surface area contributed by atoms with Crippen LogP contribution in [0.1, 0.15) is 0 Å². The lowest BCUT2D eigenvalue weighted by atomic mass is 10.6. The first kappa shape index (κ1) is 9.01. The molecular formula is C5H9N3O3S. The van der Waals surface area contributed by atoms with Crippen molar-refractivity contribution in [3.8, 4) is 0 Å². The number of nitrogens with one attached hydrogen (secondary N) is 2. The van der Waals surface area contributed by atoms with E-state index in [-0.39, 0.29) is 5.75 Å². The van der Waals surface area contributed by atoms with E-state index in [1.165, 1.54) is 12.4 Å². The number of aliphatic hydroxyl groups is 1. The Labute approximate surface area is 69.7 Å². The number of nitrogens with zero attached hydrogens (tertiary/aromatic N) is 1. The maximum Gasteiger partial charge on any atom is 0.235 e. The first-order chi connectivity index (χ1) is 5.64. The molecule has 0 unspecified atom stereocenters. The van der Waals surface area contributed by atoms with Gasteiger partial charge in [0.1, 0.15) is 0 Å². The topological polar surface area (TPSA) is 95.1 Å². The van der Waals surface area contributed by atoms with Crippen LogP contribution >= 0.6 is 0 Å². The number of rotatable bonds is 4. The largest absolute Gasteiger partial charge is 0.395 e. The Morgan fingerprint density at radius 1 is 1.67 bits per heavy atom. The van der Waals surface area contributed by atoms with Crippen molar-refractivity contribution in [3.05, 3.63) is 12.4 Å². The summed E-state index contributed by atoms with van der Waals surface area (Å²) in [6.07, 6.45) is 2.75. The third-order valence-electron chi connectivity index (χ3n) is 1.13. The molecule has 0 aliphatic heterocycles. The molecule has 6 nitrogen and oxygen atoms in total. The monoisotopic (exact) mass is 191 g/mol. The highest BCUT2D eigenvalue weighted by Gasteiger charge is 2.08. The molecule has 0 saturated carbocycles. The van der Waals surface area contributed by atoms with Gasteiger partial charge in [0.25, 0.3) is 0 Å². The molecule has 0 aliphatic rings. The molecule has 0 atom stereocenters. The molecule has 12 heavy (non-hydrogen) atoms. The van der Waals surface area contributed by atoms with Gasteiger partial charge in [0.2, 0.25) is 10.0 Å². The van der Waals surface area contributed by atoms with Crippen LogP contribution in [0, 0.1) is 0 Å². The zero-order valence-electron chi connectivity index (χ0n) is 6.19. The van der Waals surface area contributed by atoms with E-state index in [0.29, 0.717) is 5.69 Å². The van der Waals surface area contributed by atoms with Crippen molar-refractivity contribution in [1.29, 1.82) is 0 Å². The minimum absolute atomic E-state index is 0.307. The number of H-pyrrole nitrogens is 1. The lowest BCUT2D eigenvalue weighted by molar-refractivity contribution is 0.320. The Bertz CT molecular complexity index is 318. The van der Waals surface area contributed by atoms with Crippen molar-refractivity contribution in [3.63, 3.8) is 0 Å². The summed E-state index contributed by atoms with van der Waals surface area (Å²) in [4.78, 5) is 0. The van der Waals surface area contributed by atoms with E-state index < -0.39 is 16.6 Å². The van der Waals surface area contributed by atoms with Gasteiger partial charge in [-0.05, 0) is 0 Å². The van der Waals surface area contributed by atoms with Crippen LogP contribution in [-0.2, 0) is 10.0 Å². The second-order valence-corrected chi connectivity index (χ2v) is 3.97. The van der Waals surface area contributed by atoms with Crippen LogP contribution in [-0.4, -0.2) is 36.1 Å². The van der Waals surface area contributed by atoms with E-state index in [4.69, 9.17) is 5.11 Å². The Hall–Kier alpha value is -1.08. The molecule has 3 N–H and O–H groups in total. The average Bonchev–Trinajstić information content (AvgIpc) is 2.38. The summed E-state index contributed by atoms with van der Waals surface area (Å²) in [6.45, 7) is -0.396. The van der Waals surface area contributed by atoms with Gasteiger partial charge in [0.05, 0.1) is 24.2 Å². The summed E-state index contributed by atoms with van der Waals surface area (Å²) in [7, 11) is -3.41. The van der Waals surface area contributed by atoms with Crippen LogP contribution in [0.3, 0.4) is 0 Å². The van der Waals surface area contributed by atoms with Gasteiger partial charge in [-0.1, -0.05) is 0 Å². The molecule has 7 heteroatoms. The van der Waals surface area contributed by atoms with Gasteiger partial charge in [0.15, 0.2) is 0 Å². The van der Waals surface area contributed by atoms with Gasteiger partial charge in [-0.2, -0.15) is 5.10 Å². The number of anilines is 1. The van der Waals surface area contributed by atoms with E-state index in [1.807, 2.05) is 0 Å². The van der Waals surface area contributed by atoms with Gasteiger partial charge < -0.3 is 5.11 Å². The molecule has 1 aromatic heterocycles. The first-order valence-corrected chi connectivity index (χ1v) is 4.89. The molecule has 0 aliphatic carbocycles. The Kier molecular flexibility index (Phi) is 2.66. The fourth-order valence-corrected chi connectivity index (χ4v) is 1.47. The molecule has 68 valence electrons. The lowest BCUT2D eigenvalue weighted by Gasteiger charge is -2.01. The lowest BCUT2D eigenvalue weighted by Crippen LogP contribution is -2.18. The fourth-order valence-electron chi connectivity index (χ4n) is 0.657. The molecule has 0 bridgehead atoms. The predicted molar refractivity (Wildman–Crippen MR) is 43.1 cm³/mol. The maximum atomic E-state index is 11.0. The van der Waals surface area contributed by atoms with Crippen molar-refractivity contribution >= 4 is 15.7 Å². The van der Waals surface area contributed by atoms with Gasteiger partial charge in [0, 0.05) is 6.20 Å². The summed E-state index contributed by atoms with van der Waals surface area (Å²) in [5.41, 5.74) is 0.364. The standard InChI is InChI=1S/C5H9N3O3S/c9-1-2-12(10,11)8-5-3-6-7-4-5/h3-4,8-9H,1-2H2,(H,6,7). The fraction of sp³-hybridized carbons (Fsp3) is 0.400. The molecule has 1 heterocycles. The van der Waals surface area contributed by atoms with Gasteiger partial charge in [-0.3, -0.25) is 9.82 Å². The molecule has 1 rings (SSSR count). The van der Waals surface area contributed by atoms with Crippen LogP contribution in [0.15, 0.2) is 12.4 Å². The Morgan fingerprint density at radius 3 is 2.92 bits per heavy atom. The van der Waals surface area contributed by atoms with Crippen LogP contribution in [0.2, 0.25) is 0 Å². The smallest absolute Gasteiger partial charge is 0.235 e. The summed E-state index contributed by atoms with van der Waals surface area (Å²) >= 11 is 0. The minimum atomic E-state index is -3.41. The zero-order chi connectivity index (χ0) is 9.03. The van der Waals surface area contributed by atoms with E-state index >= 15 is 0 Å². The number of aromatic nitrogens is 2. The third-order valence-corrected chi connectivity index (χ3v) is 2.40. The summed E-state index contributed by atoms with van der Waals surface area (Å²) in [5.74, 6) is -0.307. The SMILES string of the molecule is O=S(=O)(CCO)Nc1cn[nH]c1. The molecule has 0 aromatic carbocycles. The molecule has 0 spiro atoms. The average molecular weight is 191 g/mol. The highest BCUT2D eigenvalue weighted by Crippen LogP contribution is 2.04. The van der Waals surface area contributed by atoms with Crippen molar-refractivity contribution < 1.29 is 13.5 Å². The van der Waals surface area contributed by atoms with E-state index in [9.17, 15) is 8.42 Å². The molecule has 1 aromatic rings. The number of aliphatic hydroxyl groups excluding tert-OH is 1. The summed E-state index contributed by atoms with van der Waals surface area (Å²) in [6, 6.07) is 0. The number of hydrogen-bond donors (Lipinski definition) is 3. The van der Waals surface area contributed by atoms with Crippen molar-refractivity contribution in [2.75, 3.05) is 17.1 Å². The Morgan fingerprint density at radius 2 is 2.42 bits per heavy atom. The number of hydrogen-bond acceptors (Lipinski definition) is 4. The normalized spacial score (nSPS) is 11.4. The van der Waals surface area contributed by atoms with Crippen molar-refractivity contribution in [2.24, 2.45) is 0 Å². The van der Waals surface area contributed by atoms with Crippen molar-refractivity contribution in [2.45, 2.75) is 0 Å².